The first-order valence-electron chi connectivity index (χ1n) is 7.70. The molecule has 0 unspecified atom stereocenters. The topological polar surface area (TPSA) is 72.6 Å². The Morgan fingerprint density at radius 2 is 2.32 bits per heavy atom. The monoisotopic (exact) mass is 303 g/mol. The zero-order chi connectivity index (χ0) is 15.5. The molecule has 22 heavy (non-hydrogen) atoms. The fourth-order valence-corrected chi connectivity index (χ4v) is 2.66. The van der Waals surface area contributed by atoms with Crippen molar-refractivity contribution in [2.24, 2.45) is 0 Å². The lowest BCUT2D eigenvalue weighted by atomic mass is 10.1. The molecule has 118 valence electrons. The Labute approximate surface area is 129 Å². The summed E-state index contributed by atoms with van der Waals surface area (Å²) in [6.45, 7) is 3.37. The zero-order valence-corrected chi connectivity index (χ0v) is 13.0. The Kier molecular flexibility index (Phi) is 4.33. The van der Waals surface area contributed by atoms with E-state index in [4.69, 9.17) is 4.74 Å². The maximum absolute atomic E-state index is 12.5. The number of carbonyl (C=O) groups excluding carboxylic acids is 1. The first kappa shape index (κ1) is 14.9. The summed E-state index contributed by atoms with van der Waals surface area (Å²) in [5, 5.41) is 7.94. The molecule has 0 N–H and O–H groups in total. The van der Waals surface area contributed by atoms with Gasteiger partial charge in [-0.15, -0.1) is 10.2 Å². The number of hydrogen-bond donors (Lipinski definition) is 0. The molecule has 1 fully saturated rings. The van der Waals surface area contributed by atoms with Crippen LogP contribution in [0.4, 0.5) is 0 Å². The lowest BCUT2D eigenvalue weighted by Crippen LogP contribution is -2.32. The number of amides is 1. The maximum atomic E-state index is 12.5. The summed E-state index contributed by atoms with van der Waals surface area (Å²) in [5.41, 5.74) is 0.849. The summed E-state index contributed by atoms with van der Waals surface area (Å²) in [7, 11) is 1.79. The molecule has 0 aliphatic carbocycles. The summed E-state index contributed by atoms with van der Waals surface area (Å²) in [6, 6.07) is 1.84. The molecule has 1 aliphatic heterocycles. The number of ether oxygens (including phenoxy) is 1. The van der Waals surface area contributed by atoms with Gasteiger partial charge in [-0.05, 0) is 38.7 Å². The Morgan fingerprint density at radius 1 is 1.45 bits per heavy atom. The third kappa shape index (κ3) is 3.09. The molecule has 3 heterocycles. The average Bonchev–Trinajstić information content (AvgIpc) is 2.95. The van der Waals surface area contributed by atoms with E-state index < -0.39 is 0 Å². The van der Waals surface area contributed by atoms with Crippen LogP contribution in [0.5, 0.6) is 0 Å². The first-order chi connectivity index (χ1) is 10.6. The van der Waals surface area contributed by atoms with Gasteiger partial charge in [0.1, 0.15) is 0 Å². The minimum absolute atomic E-state index is 0.144. The second-order valence-corrected chi connectivity index (χ2v) is 5.77. The number of carbonyl (C=O) groups is 1. The third-order valence-electron chi connectivity index (χ3n) is 4.02. The van der Waals surface area contributed by atoms with Crippen molar-refractivity contribution in [3.8, 4) is 0 Å². The number of aryl methyl sites for hydroxylation is 1. The number of rotatable bonds is 4. The molecule has 2 aromatic rings. The van der Waals surface area contributed by atoms with Gasteiger partial charge in [-0.1, -0.05) is 0 Å². The first-order valence-corrected chi connectivity index (χ1v) is 7.70. The highest BCUT2D eigenvalue weighted by Crippen LogP contribution is 2.16. The van der Waals surface area contributed by atoms with Gasteiger partial charge >= 0.3 is 0 Å². The highest BCUT2D eigenvalue weighted by Gasteiger charge is 2.21. The maximum Gasteiger partial charge on any atom is 0.291 e. The SMILES string of the molecule is Cc1ccn2c(C(=O)N(C)CC[C@H]3CCCCO3)nnc2n1. The number of nitrogens with zero attached hydrogens (tertiary/aromatic N) is 5. The third-order valence-corrected chi connectivity index (χ3v) is 4.02. The second-order valence-electron chi connectivity index (χ2n) is 5.77. The van der Waals surface area contributed by atoms with Crippen molar-refractivity contribution in [3.63, 3.8) is 0 Å². The summed E-state index contributed by atoms with van der Waals surface area (Å²) in [6.07, 6.45) is 6.34. The zero-order valence-electron chi connectivity index (χ0n) is 13.0. The van der Waals surface area contributed by atoms with Crippen LogP contribution in [0.25, 0.3) is 5.78 Å². The molecular formula is C15H21N5O2. The quantitative estimate of drug-likeness (QED) is 0.855. The molecule has 0 aromatic carbocycles. The van der Waals surface area contributed by atoms with E-state index >= 15 is 0 Å². The molecule has 0 bridgehead atoms. The van der Waals surface area contributed by atoms with Crippen molar-refractivity contribution >= 4 is 11.7 Å². The number of fused-ring (bicyclic) bond motifs is 1. The van der Waals surface area contributed by atoms with Gasteiger partial charge in [0.05, 0.1) is 6.10 Å². The molecular weight excluding hydrogens is 282 g/mol. The van der Waals surface area contributed by atoms with Crippen LogP contribution < -0.4 is 0 Å². The molecule has 1 aliphatic rings. The molecule has 0 radical (unpaired) electrons. The molecule has 2 aromatic heterocycles. The van der Waals surface area contributed by atoms with Gasteiger partial charge in [-0.3, -0.25) is 9.20 Å². The van der Waals surface area contributed by atoms with Crippen molar-refractivity contribution in [1.82, 2.24) is 24.5 Å². The molecule has 1 atom stereocenters. The van der Waals surface area contributed by atoms with Crippen LogP contribution in [0.1, 0.15) is 42.0 Å². The molecule has 1 saturated heterocycles. The van der Waals surface area contributed by atoms with Gasteiger partial charge in [-0.2, -0.15) is 0 Å². The average molecular weight is 303 g/mol. The smallest absolute Gasteiger partial charge is 0.291 e. The van der Waals surface area contributed by atoms with E-state index in [-0.39, 0.29) is 12.0 Å². The van der Waals surface area contributed by atoms with Crippen molar-refractivity contribution in [1.29, 1.82) is 0 Å². The molecule has 1 amide bonds. The lowest BCUT2D eigenvalue weighted by molar-refractivity contribution is 0.00701. The Bertz CT molecular complexity index is 663. The molecule has 0 spiro atoms. The number of hydrogen-bond acceptors (Lipinski definition) is 5. The summed E-state index contributed by atoms with van der Waals surface area (Å²) in [4.78, 5) is 18.4. The molecule has 7 heteroatoms. The van der Waals surface area contributed by atoms with E-state index in [2.05, 4.69) is 15.2 Å². The second kappa shape index (κ2) is 6.39. The molecule has 0 saturated carbocycles. The predicted octanol–water partition coefficient (Wildman–Crippen LogP) is 1.46. The number of aromatic nitrogens is 4. The van der Waals surface area contributed by atoms with Gasteiger partial charge in [-0.25, -0.2) is 4.98 Å². The Hall–Kier alpha value is -2.02. The van der Waals surface area contributed by atoms with Crippen LogP contribution in [0.15, 0.2) is 12.3 Å². The van der Waals surface area contributed by atoms with Crippen LogP contribution in [0, 0.1) is 6.92 Å². The van der Waals surface area contributed by atoms with Crippen LogP contribution >= 0.6 is 0 Å². The van der Waals surface area contributed by atoms with E-state index in [1.54, 1.807) is 22.5 Å². The molecule has 7 nitrogen and oxygen atoms in total. The van der Waals surface area contributed by atoms with E-state index in [1.165, 1.54) is 6.42 Å². The van der Waals surface area contributed by atoms with Crippen molar-refractivity contribution in [2.45, 2.75) is 38.7 Å². The normalized spacial score (nSPS) is 18.5. The minimum Gasteiger partial charge on any atom is -0.378 e. The van der Waals surface area contributed by atoms with E-state index in [0.29, 0.717) is 18.1 Å². The fourth-order valence-electron chi connectivity index (χ4n) is 2.66. The summed E-state index contributed by atoms with van der Waals surface area (Å²) < 4.78 is 7.33. The van der Waals surface area contributed by atoms with Crippen LogP contribution in [-0.4, -0.2) is 56.7 Å². The van der Waals surface area contributed by atoms with Crippen LogP contribution in [0.2, 0.25) is 0 Å². The van der Waals surface area contributed by atoms with Gasteiger partial charge in [0.15, 0.2) is 0 Å². The largest absolute Gasteiger partial charge is 0.378 e. The van der Waals surface area contributed by atoms with E-state index in [0.717, 1.165) is 31.6 Å². The summed E-state index contributed by atoms with van der Waals surface area (Å²) in [5.74, 6) is 0.607. The standard InChI is InChI=1S/C15H21N5O2/c1-11-6-9-20-13(17-18-15(20)16-11)14(21)19(2)8-7-12-5-3-4-10-22-12/h6,9,12H,3-5,7-8,10H2,1-2H3/t12-/m1/s1. The van der Waals surface area contributed by atoms with Crippen molar-refractivity contribution < 1.29 is 9.53 Å². The predicted molar refractivity (Wildman–Crippen MR) is 80.7 cm³/mol. The lowest BCUT2D eigenvalue weighted by Gasteiger charge is -2.24. The summed E-state index contributed by atoms with van der Waals surface area (Å²) >= 11 is 0. The Balaban J connectivity index is 1.66. The van der Waals surface area contributed by atoms with E-state index in [1.807, 2.05) is 13.0 Å². The molecule has 3 rings (SSSR count). The highest BCUT2D eigenvalue weighted by molar-refractivity contribution is 5.91. The fraction of sp³-hybridized carbons (Fsp3) is 0.600. The van der Waals surface area contributed by atoms with Gasteiger partial charge in [0.2, 0.25) is 5.82 Å². The van der Waals surface area contributed by atoms with Crippen molar-refractivity contribution in [3.05, 3.63) is 23.8 Å². The highest BCUT2D eigenvalue weighted by atomic mass is 16.5. The van der Waals surface area contributed by atoms with E-state index in [9.17, 15) is 4.79 Å². The van der Waals surface area contributed by atoms with Crippen LogP contribution in [0.3, 0.4) is 0 Å². The van der Waals surface area contributed by atoms with Gasteiger partial charge in [0, 0.05) is 32.1 Å². The van der Waals surface area contributed by atoms with Gasteiger partial charge < -0.3 is 9.64 Å². The minimum atomic E-state index is -0.144. The van der Waals surface area contributed by atoms with Crippen LogP contribution in [-0.2, 0) is 4.74 Å². The van der Waals surface area contributed by atoms with Crippen molar-refractivity contribution in [2.75, 3.05) is 20.2 Å². The Morgan fingerprint density at radius 3 is 3.09 bits per heavy atom. The van der Waals surface area contributed by atoms with Gasteiger partial charge in [0.25, 0.3) is 11.7 Å².